The Kier molecular flexibility index (Phi) is 4.33. The fraction of sp³-hybridized carbons (Fsp3) is 0.0714. The lowest BCUT2D eigenvalue weighted by atomic mass is 10.2. The molecule has 3 heteroatoms. The van der Waals surface area contributed by atoms with Crippen molar-refractivity contribution < 1.29 is 4.74 Å². The van der Waals surface area contributed by atoms with Gasteiger partial charge in [0.1, 0.15) is 12.4 Å². The summed E-state index contributed by atoms with van der Waals surface area (Å²) in [4.78, 5) is 4.03. The number of nitrogens with zero attached hydrogens (tertiary/aromatic N) is 1. The van der Waals surface area contributed by atoms with Gasteiger partial charge in [-0.05, 0) is 33.6 Å². The summed E-state index contributed by atoms with van der Waals surface area (Å²) in [7, 11) is 0. The molecule has 0 N–H and O–H groups in total. The van der Waals surface area contributed by atoms with Crippen LogP contribution in [0.5, 0.6) is 5.75 Å². The second-order valence-electron chi connectivity index (χ2n) is 3.46. The highest BCUT2D eigenvalue weighted by atomic mass is 79.9. The Bertz CT molecular complexity index is 497. The maximum atomic E-state index is 5.53. The number of pyridine rings is 1. The van der Waals surface area contributed by atoms with Crippen molar-refractivity contribution >= 4 is 22.0 Å². The van der Waals surface area contributed by atoms with Gasteiger partial charge in [-0.15, -0.1) is 0 Å². The maximum absolute atomic E-state index is 5.53. The van der Waals surface area contributed by atoms with Crippen molar-refractivity contribution in [3.63, 3.8) is 0 Å². The molecule has 1 heterocycles. The molecule has 1 aromatic heterocycles. The lowest BCUT2D eigenvalue weighted by molar-refractivity contribution is 0.362. The fourth-order valence-corrected chi connectivity index (χ4v) is 1.71. The Morgan fingerprint density at radius 3 is 2.76 bits per heavy atom. The summed E-state index contributed by atoms with van der Waals surface area (Å²) in [5, 5.41) is 0. The highest BCUT2D eigenvalue weighted by Crippen LogP contribution is 2.15. The highest BCUT2D eigenvalue weighted by molar-refractivity contribution is 9.10. The molecule has 1 aromatic carbocycles. The van der Waals surface area contributed by atoms with Crippen LogP contribution >= 0.6 is 15.9 Å². The van der Waals surface area contributed by atoms with E-state index in [0.717, 1.165) is 10.2 Å². The number of aromatic nitrogens is 1. The zero-order valence-corrected chi connectivity index (χ0v) is 10.8. The van der Waals surface area contributed by atoms with Crippen molar-refractivity contribution in [1.29, 1.82) is 0 Å². The molecule has 0 aliphatic carbocycles. The molecule has 0 radical (unpaired) electrons. The first-order valence-electron chi connectivity index (χ1n) is 5.29. The average Bonchev–Trinajstić information content (AvgIpc) is 2.36. The fourth-order valence-electron chi connectivity index (χ4n) is 1.36. The summed E-state index contributed by atoms with van der Waals surface area (Å²) in [5.74, 6) is 0.761. The zero-order chi connectivity index (χ0) is 11.9. The van der Waals surface area contributed by atoms with Crippen molar-refractivity contribution in [2.45, 2.75) is 0 Å². The smallest absolute Gasteiger partial charge is 0.139 e. The van der Waals surface area contributed by atoms with Gasteiger partial charge < -0.3 is 4.74 Å². The minimum atomic E-state index is 0.535. The van der Waals surface area contributed by atoms with E-state index < -0.39 is 0 Å². The van der Waals surface area contributed by atoms with Gasteiger partial charge in [0.25, 0.3) is 0 Å². The molecule has 2 rings (SSSR count). The Morgan fingerprint density at radius 2 is 2.00 bits per heavy atom. The molecule has 0 amide bonds. The van der Waals surface area contributed by atoms with E-state index in [2.05, 4.69) is 33.0 Å². The number of hydrogen-bond acceptors (Lipinski definition) is 2. The SMILES string of the molecule is Brc1cncc(OC/C=C/c2ccccc2)c1. The predicted molar refractivity (Wildman–Crippen MR) is 72.9 cm³/mol. The first-order valence-corrected chi connectivity index (χ1v) is 6.09. The first-order chi connectivity index (χ1) is 8.34. The van der Waals surface area contributed by atoms with Crippen molar-refractivity contribution in [3.8, 4) is 5.75 Å². The van der Waals surface area contributed by atoms with E-state index in [-0.39, 0.29) is 0 Å². The van der Waals surface area contributed by atoms with Crippen LogP contribution in [0.4, 0.5) is 0 Å². The minimum Gasteiger partial charge on any atom is -0.488 e. The van der Waals surface area contributed by atoms with E-state index in [1.807, 2.05) is 36.4 Å². The van der Waals surface area contributed by atoms with Crippen molar-refractivity contribution in [2.75, 3.05) is 6.61 Å². The molecule has 2 nitrogen and oxygen atoms in total. The summed E-state index contributed by atoms with van der Waals surface area (Å²) in [6, 6.07) is 12.0. The number of hydrogen-bond donors (Lipinski definition) is 0. The number of halogens is 1. The van der Waals surface area contributed by atoms with Gasteiger partial charge in [0, 0.05) is 10.7 Å². The Balaban J connectivity index is 1.86. The zero-order valence-electron chi connectivity index (χ0n) is 9.21. The van der Waals surface area contributed by atoms with Crippen LogP contribution in [0.1, 0.15) is 5.56 Å². The quantitative estimate of drug-likeness (QED) is 0.851. The third-order valence-corrected chi connectivity index (χ3v) is 2.57. The monoisotopic (exact) mass is 289 g/mol. The third-order valence-electron chi connectivity index (χ3n) is 2.14. The normalized spacial score (nSPS) is 10.6. The summed E-state index contributed by atoms with van der Waals surface area (Å²) in [6.07, 6.45) is 7.44. The average molecular weight is 290 g/mol. The molecule has 2 aromatic rings. The summed E-state index contributed by atoms with van der Waals surface area (Å²) >= 11 is 3.35. The number of ether oxygens (including phenoxy) is 1. The van der Waals surface area contributed by atoms with E-state index >= 15 is 0 Å². The van der Waals surface area contributed by atoms with Gasteiger partial charge in [0.05, 0.1) is 6.20 Å². The van der Waals surface area contributed by atoms with E-state index in [9.17, 15) is 0 Å². The van der Waals surface area contributed by atoms with Crippen LogP contribution in [0.3, 0.4) is 0 Å². The topological polar surface area (TPSA) is 22.1 Å². The molecule has 17 heavy (non-hydrogen) atoms. The Morgan fingerprint density at radius 1 is 1.18 bits per heavy atom. The lowest BCUT2D eigenvalue weighted by Gasteiger charge is -2.02. The second kappa shape index (κ2) is 6.21. The van der Waals surface area contributed by atoms with E-state index in [1.165, 1.54) is 5.56 Å². The molecule has 0 unspecified atom stereocenters. The molecule has 0 bridgehead atoms. The van der Waals surface area contributed by atoms with Crippen molar-refractivity contribution in [2.24, 2.45) is 0 Å². The largest absolute Gasteiger partial charge is 0.488 e. The Hall–Kier alpha value is -1.61. The molecular formula is C14H12BrNO. The molecule has 0 saturated carbocycles. The van der Waals surface area contributed by atoms with Gasteiger partial charge in [-0.25, -0.2) is 0 Å². The van der Waals surface area contributed by atoms with Crippen LogP contribution < -0.4 is 4.74 Å². The van der Waals surface area contributed by atoms with Crippen LogP contribution in [-0.4, -0.2) is 11.6 Å². The summed E-state index contributed by atoms with van der Waals surface area (Å²) < 4.78 is 6.45. The summed E-state index contributed by atoms with van der Waals surface area (Å²) in [5.41, 5.74) is 1.17. The molecule has 0 spiro atoms. The van der Waals surface area contributed by atoms with E-state index in [4.69, 9.17) is 4.74 Å². The molecule has 0 aliphatic heterocycles. The van der Waals surface area contributed by atoms with Crippen LogP contribution in [0.2, 0.25) is 0 Å². The van der Waals surface area contributed by atoms with Gasteiger partial charge in [-0.2, -0.15) is 0 Å². The predicted octanol–water partition coefficient (Wildman–Crippen LogP) is 3.94. The molecular weight excluding hydrogens is 278 g/mol. The molecule has 0 atom stereocenters. The van der Waals surface area contributed by atoms with Crippen LogP contribution in [0, 0.1) is 0 Å². The number of benzene rings is 1. The van der Waals surface area contributed by atoms with Crippen LogP contribution in [0.15, 0.2) is 59.3 Å². The molecule has 0 saturated heterocycles. The van der Waals surface area contributed by atoms with E-state index in [0.29, 0.717) is 6.61 Å². The Labute approximate surface area is 109 Å². The standard InChI is InChI=1S/C14H12BrNO/c15-13-9-14(11-16-10-13)17-8-4-7-12-5-2-1-3-6-12/h1-7,9-11H,8H2/b7-4+. The lowest BCUT2D eigenvalue weighted by Crippen LogP contribution is -1.93. The van der Waals surface area contributed by atoms with Crippen molar-refractivity contribution in [3.05, 3.63) is 64.9 Å². The van der Waals surface area contributed by atoms with Gasteiger partial charge in [-0.1, -0.05) is 36.4 Å². The van der Waals surface area contributed by atoms with Crippen LogP contribution in [-0.2, 0) is 0 Å². The second-order valence-corrected chi connectivity index (χ2v) is 4.38. The minimum absolute atomic E-state index is 0.535. The van der Waals surface area contributed by atoms with Gasteiger partial charge >= 0.3 is 0 Å². The molecule has 0 fully saturated rings. The van der Waals surface area contributed by atoms with Gasteiger partial charge in [0.2, 0.25) is 0 Å². The molecule has 86 valence electrons. The highest BCUT2D eigenvalue weighted by Gasteiger charge is 1.93. The molecule has 0 aliphatic rings. The van der Waals surface area contributed by atoms with Crippen molar-refractivity contribution in [1.82, 2.24) is 4.98 Å². The third kappa shape index (κ3) is 4.04. The van der Waals surface area contributed by atoms with Crippen LogP contribution in [0.25, 0.3) is 6.08 Å². The summed E-state index contributed by atoms with van der Waals surface area (Å²) in [6.45, 7) is 0.535. The van der Waals surface area contributed by atoms with Gasteiger partial charge in [0.15, 0.2) is 0 Å². The first kappa shape index (κ1) is 11.9. The maximum Gasteiger partial charge on any atom is 0.139 e. The number of rotatable bonds is 4. The van der Waals surface area contributed by atoms with E-state index in [1.54, 1.807) is 12.4 Å². The van der Waals surface area contributed by atoms with Gasteiger partial charge in [-0.3, -0.25) is 4.98 Å².